The van der Waals surface area contributed by atoms with E-state index in [0.29, 0.717) is 25.1 Å². The van der Waals surface area contributed by atoms with Gasteiger partial charge < -0.3 is 39.8 Å². The standard InChI is InChI=1S/C36H50N4O8/c1-21-17-25-31(38-15-16-40(5)6)28(41)20-27(33(25)43)39-35(44)22(2)11-9-13-29(46-7)34(48-36(45)26-12-10-14-37-26)24(4)19-23(3)32(42)30(18-21)47-8/h9-14,19-21,23,29-30,32,34,37-38,42H,15-18H2,1-8H3,(H,39,44)/b13-9-,22-11+,24-19+/t21-,23+,29+,30+,32-,34+/m1/s1. The van der Waals surface area contributed by atoms with E-state index in [9.17, 15) is 24.3 Å². The average molecular weight is 667 g/mol. The highest BCUT2D eigenvalue weighted by molar-refractivity contribution is 6.23. The number of fused-ring (bicyclic) bond motifs is 2. The van der Waals surface area contributed by atoms with Crippen molar-refractivity contribution >= 4 is 23.4 Å². The number of methoxy groups -OCH3 is 2. The Morgan fingerprint density at radius 3 is 2.48 bits per heavy atom. The largest absolute Gasteiger partial charge is 0.450 e. The van der Waals surface area contributed by atoms with Crippen LogP contribution in [0.25, 0.3) is 0 Å². The van der Waals surface area contributed by atoms with Gasteiger partial charge in [0.2, 0.25) is 11.6 Å². The van der Waals surface area contributed by atoms with Crippen molar-refractivity contribution in [2.75, 3.05) is 41.4 Å². The molecule has 48 heavy (non-hydrogen) atoms. The van der Waals surface area contributed by atoms with E-state index in [1.54, 1.807) is 44.3 Å². The lowest BCUT2D eigenvalue weighted by molar-refractivity contribution is -0.120. The Hall–Kier alpha value is -4.10. The highest BCUT2D eigenvalue weighted by Gasteiger charge is 2.33. The number of esters is 1. The molecule has 1 amide bonds. The van der Waals surface area contributed by atoms with Crippen molar-refractivity contribution < 1.29 is 38.5 Å². The van der Waals surface area contributed by atoms with Crippen LogP contribution in [0.4, 0.5) is 0 Å². The minimum atomic E-state index is -0.957. The molecule has 1 aliphatic carbocycles. The van der Waals surface area contributed by atoms with E-state index >= 15 is 0 Å². The summed E-state index contributed by atoms with van der Waals surface area (Å²) < 4.78 is 17.4. The second kappa shape index (κ2) is 17.9. The summed E-state index contributed by atoms with van der Waals surface area (Å²) in [7, 11) is 6.81. The maximum Gasteiger partial charge on any atom is 0.355 e. The Morgan fingerprint density at radius 1 is 1.12 bits per heavy atom. The number of carbonyl (C=O) groups excluding carboxylic acids is 4. The fraction of sp³-hybridized carbons (Fsp3) is 0.500. The summed E-state index contributed by atoms with van der Waals surface area (Å²) in [4.78, 5) is 58.1. The number of aliphatic hydroxyl groups excluding tert-OH is 1. The molecule has 0 spiro atoms. The van der Waals surface area contributed by atoms with Crippen molar-refractivity contribution in [1.82, 2.24) is 20.5 Å². The van der Waals surface area contributed by atoms with Crippen molar-refractivity contribution in [2.24, 2.45) is 11.8 Å². The van der Waals surface area contributed by atoms with Crippen LogP contribution in [0, 0.1) is 11.8 Å². The van der Waals surface area contributed by atoms with Crippen LogP contribution in [0.1, 0.15) is 51.0 Å². The molecule has 3 rings (SSSR count). The Kier molecular flexibility index (Phi) is 14.3. The number of aliphatic hydroxyl groups is 1. The van der Waals surface area contributed by atoms with Crippen LogP contribution in [0.3, 0.4) is 0 Å². The van der Waals surface area contributed by atoms with Gasteiger partial charge in [-0.3, -0.25) is 14.4 Å². The SMILES string of the molecule is CO[C@H]1/C=C\C=C(/C)C(=O)NC2=CC(=O)C(NCCN(C)C)=C(C[C@@H](C)C[C@H](OC)[C@H](O)[C@@H](C)/C=C(\C)[C@@H]1OC(=O)c1ccc[nH]1)C2=O. The second-order valence-corrected chi connectivity index (χ2v) is 12.7. The van der Waals surface area contributed by atoms with Crippen molar-refractivity contribution in [2.45, 2.75) is 65.0 Å². The maximum atomic E-state index is 13.8. The number of nitrogens with zero attached hydrogens (tertiary/aromatic N) is 1. The van der Waals surface area contributed by atoms with Crippen LogP contribution in [0.2, 0.25) is 0 Å². The third-order valence-corrected chi connectivity index (χ3v) is 8.46. The number of hydrogen-bond donors (Lipinski definition) is 4. The summed E-state index contributed by atoms with van der Waals surface area (Å²) in [6.07, 6.45) is 6.74. The topological polar surface area (TPSA) is 159 Å². The minimum Gasteiger partial charge on any atom is -0.450 e. The number of Topliss-reactive ketones (excluding diaryl/α,β-unsaturated/α-hetero) is 1. The van der Waals surface area contributed by atoms with E-state index in [4.69, 9.17) is 14.2 Å². The smallest absolute Gasteiger partial charge is 0.355 e. The number of H-pyrrole nitrogens is 1. The van der Waals surface area contributed by atoms with E-state index in [1.807, 2.05) is 38.9 Å². The van der Waals surface area contributed by atoms with Crippen molar-refractivity contribution in [3.63, 3.8) is 0 Å². The van der Waals surface area contributed by atoms with Gasteiger partial charge in [-0.25, -0.2) is 4.79 Å². The Morgan fingerprint density at radius 2 is 1.85 bits per heavy atom. The molecule has 1 aliphatic heterocycles. The molecule has 1 aromatic rings. The molecule has 4 N–H and O–H groups in total. The number of ether oxygens (including phenoxy) is 3. The summed E-state index contributed by atoms with van der Waals surface area (Å²) >= 11 is 0. The lowest BCUT2D eigenvalue weighted by Crippen LogP contribution is -2.38. The maximum absolute atomic E-state index is 13.8. The third-order valence-electron chi connectivity index (χ3n) is 8.46. The normalized spacial score (nSPS) is 29.4. The Balaban J connectivity index is 2.06. The molecule has 2 bridgehead atoms. The van der Waals surface area contributed by atoms with Crippen LogP contribution >= 0.6 is 0 Å². The van der Waals surface area contributed by atoms with E-state index in [-0.39, 0.29) is 40.6 Å². The lowest BCUT2D eigenvalue weighted by atomic mass is 9.85. The molecular formula is C36H50N4O8. The Bertz CT molecular complexity index is 1470. The molecule has 2 aliphatic rings. The third kappa shape index (κ3) is 10.2. The molecule has 0 unspecified atom stereocenters. The van der Waals surface area contributed by atoms with Crippen LogP contribution in [-0.4, -0.2) is 104 Å². The summed E-state index contributed by atoms with van der Waals surface area (Å²) in [5.41, 5.74) is 1.54. The van der Waals surface area contributed by atoms with Gasteiger partial charge in [0.1, 0.15) is 11.8 Å². The van der Waals surface area contributed by atoms with Gasteiger partial charge >= 0.3 is 5.97 Å². The van der Waals surface area contributed by atoms with Crippen LogP contribution in [-0.2, 0) is 28.6 Å². The van der Waals surface area contributed by atoms with Crippen LogP contribution in [0.15, 0.2) is 76.8 Å². The number of carbonyl (C=O) groups is 4. The van der Waals surface area contributed by atoms with E-state index < -0.39 is 53.8 Å². The number of allylic oxidation sites excluding steroid dienone is 4. The number of ketones is 2. The van der Waals surface area contributed by atoms with Gasteiger partial charge in [-0.1, -0.05) is 38.2 Å². The molecule has 1 aromatic heterocycles. The fourth-order valence-electron chi connectivity index (χ4n) is 5.69. The summed E-state index contributed by atoms with van der Waals surface area (Å²) in [6, 6.07) is 3.29. The number of rotatable bonds is 8. The molecular weight excluding hydrogens is 616 g/mol. The minimum absolute atomic E-state index is 0.108. The van der Waals surface area contributed by atoms with Gasteiger partial charge in [0.25, 0.3) is 5.91 Å². The number of likely N-dealkylation sites (N-methyl/N-ethyl adjacent to an activating group) is 1. The predicted molar refractivity (Wildman–Crippen MR) is 182 cm³/mol. The average Bonchev–Trinajstić information content (AvgIpc) is 3.59. The lowest BCUT2D eigenvalue weighted by Gasteiger charge is -2.30. The first kappa shape index (κ1) is 38.3. The molecule has 2 heterocycles. The molecule has 12 heteroatoms. The van der Waals surface area contributed by atoms with Gasteiger partial charge in [-0.05, 0) is 64.4 Å². The molecule has 0 aromatic carbocycles. The number of aromatic nitrogens is 1. The van der Waals surface area contributed by atoms with Crippen LogP contribution in [0.5, 0.6) is 0 Å². The summed E-state index contributed by atoms with van der Waals surface area (Å²) in [5.74, 6) is -2.63. The number of amides is 1. The zero-order chi connectivity index (χ0) is 35.5. The molecule has 0 saturated carbocycles. The zero-order valence-electron chi connectivity index (χ0n) is 29.2. The first-order valence-corrected chi connectivity index (χ1v) is 16.1. The van der Waals surface area contributed by atoms with Crippen molar-refractivity contribution in [3.05, 3.63) is 82.5 Å². The van der Waals surface area contributed by atoms with E-state index in [0.717, 1.165) is 6.08 Å². The van der Waals surface area contributed by atoms with E-state index in [1.165, 1.54) is 20.3 Å². The molecule has 0 fully saturated rings. The van der Waals surface area contributed by atoms with Gasteiger partial charge in [-0.15, -0.1) is 0 Å². The van der Waals surface area contributed by atoms with Gasteiger partial charge in [0.05, 0.1) is 23.6 Å². The first-order chi connectivity index (χ1) is 22.8. The summed E-state index contributed by atoms with van der Waals surface area (Å²) in [6.45, 7) is 8.21. The van der Waals surface area contributed by atoms with E-state index in [2.05, 4.69) is 15.6 Å². The zero-order valence-corrected chi connectivity index (χ0v) is 29.2. The molecule has 6 atom stereocenters. The number of nitrogens with one attached hydrogen (secondary N) is 3. The molecule has 0 saturated heterocycles. The highest BCUT2D eigenvalue weighted by Crippen LogP contribution is 2.29. The predicted octanol–water partition coefficient (Wildman–Crippen LogP) is 3.00. The molecule has 12 nitrogen and oxygen atoms in total. The van der Waals surface area contributed by atoms with Crippen molar-refractivity contribution in [3.8, 4) is 0 Å². The monoisotopic (exact) mass is 666 g/mol. The number of aromatic amines is 1. The molecule has 0 radical (unpaired) electrons. The summed E-state index contributed by atoms with van der Waals surface area (Å²) in [5, 5.41) is 17.2. The second-order valence-electron chi connectivity index (χ2n) is 12.7. The fourth-order valence-corrected chi connectivity index (χ4v) is 5.69. The quantitative estimate of drug-likeness (QED) is 0.185. The number of hydrogen-bond acceptors (Lipinski definition) is 10. The van der Waals surface area contributed by atoms with Gasteiger partial charge in [0, 0.05) is 56.6 Å². The van der Waals surface area contributed by atoms with Crippen LogP contribution < -0.4 is 10.6 Å². The van der Waals surface area contributed by atoms with Crippen molar-refractivity contribution in [1.29, 1.82) is 0 Å². The first-order valence-electron chi connectivity index (χ1n) is 16.1. The van der Waals surface area contributed by atoms with Gasteiger partial charge in [0.15, 0.2) is 6.10 Å². The molecule has 262 valence electrons. The highest BCUT2D eigenvalue weighted by atomic mass is 16.6. The Labute approximate surface area is 282 Å². The van der Waals surface area contributed by atoms with Gasteiger partial charge in [-0.2, -0.15) is 0 Å².